The van der Waals surface area contributed by atoms with Gasteiger partial charge in [0, 0.05) is 11.3 Å². The summed E-state index contributed by atoms with van der Waals surface area (Å²) in [5, 5.41) is 0. The number of halogens is 1. The van der Waals surface area contributed by atoms with Crippen LogP contribution in [-0.2, 0) is 4.74 Å². The molecule has 0 amide bonds. The summed E-state index contributed by atoms with van der Waals surface area (Å²) in [4.78, 5) is 23.3. The van der Waals surface area contributed by atoms with Crippen molar-refractivity contribution in [3.05, 3.63) is 29.3 Å². The molecule has 0 aliphatic heterocycles. The van der Waals surface area contributed by atoms with E-state index in [-0.39, 0.29) is 34.0 Å². The van der Waals surface area contributed by atoms with Gasteiger partial charge in [-0.2, -0.15) is 0 Å². The fourth-order valence-electron chi connectivity index (χ4n) is 1.42. The van der Waals surface area contributed by atoms with E-state index in [1.165, 1.54) is 0 Å². The van der Waals surface area contributed by atoms with Gasteiger partial charge in [0.05, 0.1) is 17.0 Å². The zero-order valence-electron chi connectivity index (χ0n) is 9.70. The molecule has 1 atom stereocenters. The topological polar surface area (TPSA) is 69.4 Å². The Labute approximate surface area is 108 Å². The molecular weight excluding hydrogens is 286 g/mol. The van der Waals surface area contributed by atoms with Crippen molar-refractivity contribution in [2.75, 3.05) is 12.3 Å². The third-order valence-corrected chi connectivity index (χ3v) is 2.62. The minimum absolute atomic E-state index is 0.144. The van der Waals surface area contributed by atoms with Crippen molar-refractivity contribution in [1.29, 1.82) is 0 Å². The maximum atomic E-state index is 11.9. The molecule has 4 nitrogen and oxygen atoms in total. The molecule has 0 saturated carbocycles. The minimum Gasteiger partial charge on any atom is -0.462 e. The third-order valence-electron chi connectivity index (χ3n) is 2.20. The normalized spacial score (nSPS) is 11.9. The zero-order valence-corrected chi connectivity index (χ0v) is 11.3. The molecule has 0 spiro atoms. The number of hydrogen-bond donors (Lipinski definition) is 1. The quantitative estimate of drug-likeness (QED) is 0.401. The lowest BCUT2D eigenvalue weighted by molar-refractivity contribution is 0.0524. The van der Waals surface area contributed by atoms with Gasteiger partial charge in [-0.15, -0.1) is 0 Å². The van der Waals surface area contributed by atoms with Gasteiger partial charge >= 0.3 is 5.97 Å². The second-order valence-corrected chi connectivity index (χ2v) is 4.84. The number of esters is 1. The van der Waals surface area contributed by atoms with Crippen LogP contribution in [-0.4, -0.2) is 23.2 Å². The molecule has 0 saturated heterocycles. The second-order valence-electron chi connectivity index (χ2n) is 3.47. The average Bonchev–Trinajstić information content (AvgIpc) is 2.27. The largest absolute Gasteiger partial charge is 0.462 e. The standard InChI is InChI=1S/C12H14BrNO3/c1-3-17-12(16)10-8(11(15)7(2)13)5-4-6-9(10)14/h4-7H,3,14H2,1-2H3. The van der Waals surface area contributed by atoms with E-state index >= 15 is 0 Å². The number of anilines is 1. The SMILES string of the molecule is CCOC(=O)c1c(N)cccc1C(=O)C(C)Br. The van der Waals surface area contributed by atoms with E-state index in [1.54, 1.807) is 32.0 Å². The Morgan fingerprint density at radius 1 is 1.47 bits per heavy atom. The van der Waals surface area contributed by atoms with Crippen LogP contribution in [0.2, 0.25) is 0 Å². The van der Waals surface area contributed by atoms with Crippen molar-refractivity contribution in [1.82, 2.24) is 0 Å². The molecule has 1 aromatic carbocycles. The molecule has 0 radical (unpaired) electrons. The molecule has 0 heterocycles. The van der Waals surface area contributed by atoms with E-state index in [0.29, 0.717) is 0 Å². The summed E-state index contributed by atoms with van der Waals surface area (Å²) >= 11 is 3.18. The Balaban J connectivity index is 3.26. The fourth-order valence-corrected chi connectivity index (χ4v) is 1.67. The van der Waals surface area contributed by atoms with Gasteiger partial charge in [-0.1, -0.05) is 28.1 Å². The van der Waals surface area contributed by atoms with Gasteiger partial charge in [-0.25, -0.2) is 4.79 Å². The van der Waals surface area contributed by atoms with E-state index in [1.807, 2.05) is 0 Å². The van der Waals surface area contributed by atoms with Crippen molar-refractivity contribution < 1.29 is 14.3 Å². The fraction of sp³-hybridized carbons (Fsp3) is 0.333. The van der Waals surface area contributed by atoms with Crippen LogP contribution in [0.4, 0.5) is 5.69 Å². The number of alkyl halides is 1. The first-order valence-electron chi connectivity index (χ1n) is 5.23. The number of nitrogens with two attached hydrogens (primary N) is 1. The van der Waals surface area contributed by atoms with Crippen molar-refractivity contribution in [3.8, 4) is 0 Å². The summed E-state index contributed by atoms with van der Waals surface area (Å²) in [5.41, 5.74) is 6.40. The first kappa shape index (κ1) is 13.7. The molecule has 2 N–H and O–H groups in total. The Morgan fingerprint density at radius 3 is 2.65 bits per heavy atom. The van der Waals surface area contributed by atoms with Crippen molar-refractivity contribution in [2.45, 2.75) is 18.7 Å². The van der Waals surface area contributed by atoms with Gasteiger partial charge in [0.15, 0.2) is 5.78 Å². The molecule has 0 fully saturated rings. The smallest absolute Gasteiger partial charge is 0.340 e. The maximum Gasteiger partial charge on any atom is 0.340 e. The van der Waals surface area contributed by atoms with Crippen molar-refractivity contribution in [2.24, 2.45) is 0 Å². The maximum absolute atomic E-state index is 11.9. The van der Waals surface area contributed by atoms with Gasteiger partial charge < -0.3 is 10.5 Å². The van der Waals surface area contributed by atoms with Crippen LogP contribution in [0.1, 0.15) is 34.6 Å². The highest BCUT2D eigenvalue weighted by molar-refractivity contribution is 9.10. The van der Waals surface area contributed by atoms with Gasteiger partial charge in [0.25, 0.3) is 0 Å². The third kappa shape index (κ3) is 3.06. The molecule has 0 aromatic heterocycles. The van der Waals surface area contributed by atoms with Crippen LogP contribution < -0.4 is 5.73 Å². The molecule has 0 aliphatic carbocycles. The Hall–Kier alpha value is -1.36. The van der Waals surface area contributed by atoms with Crippen molar-refractivity contribution in [3.63, 3.8) is 0 Å². The molecule has 5 heteroatoms. The molecule has 92 valence electrons. The molecule has 0 bridgehead atoms. The summed E-state index contributed by atoms with van der Waals surface area (Å²) in [6.45, 7) is 3.64. The van der Waals surface area contributed by atoms with Gasteiger partial charge in [-0.3, -0.25) is 4.79 Å². The highest BCUT2D eigenvalue weighted by atomic mass is 79.9. The zero-order chi connectivity index (χ0) is 13.0. The number of carbonyl (C=O) groups is 2. The molecule has 1 rings (SSSR count). The van der Waals surface area contributed by atoms with E-state index in [2.05, 4.69) is 15.9 Å². The van der Waals surface area contributed by atoms with Gasteiger partial charge in [0.2, 0.25) is 0 Å². The second kappa shape index (κ2) is 5.82. The number of nitrogen functional groups attached to an aromatic ring is 1. The summed E-state index contributed by atoms with van der Waals surface area (Å²) in [7, 11) is 0. The number of ether oxygens (including phenoxy) is 1. The Kier molecular flexibility index (Phi) is 4.69. The van der Waals surface area contributed by atoms with E-state index < -0.39 is 5.97 Å². The first-order valence-corrected chi connectivity index (χ1v) is 6.14. The van der Waals surface area contributed by atoms with Crippen LogP contribution in [0.3, 0.4) is 0 Å². The molecule has 1 unspecified atom stereocenters. The number of ketones is 1. The summed E-state index contributed by atoms with van der Waals surface area (Å²) < 4.78 is 4.89. The predicted molar refractivity (Wildman–Crippen MR) is 69.5 cm³/mol. The average molecular weight is 300 g/mol. The number of benzene rings is 1. The van der Waals surface area contributed by atoms with E-state index in [0.717, 1.165) is 0 Å². The lowest BCUT2D eigenvalue weighted by Gasteiger charge is -2.11. The van der Waals surface area contributed by atoms with Crippen LogP contribution >= 0.6 is 15.9 Å². The molecule has 0 aliphatic rings. The lowest BCUT2D eigenvalue weighted by Crippen LogP contribution is -2.18. The predicted octanol–water partition coefficient (Wildman–Crippen LogP) is 2.41. The summed E-state index contributed by atoms with van der Waals surface area (Å²) in [6, 6.07) is 4.78. The van der Waals surface area contributed by atoms with Gasteiger partial charge in [-0.05, 0) is 19.9 Å². The van der Waals surface area contributed by atoms with Crippen LogP contribution in [0, 0.1) is 0 Å². The monoisotopic (exact) mass is 299 g/mol. The first-order chi connectivity index (χ1) is 7.99. The van der Waals surface area contributed by atoms with Crippen LogP contribution in [0.5, 0.6) is 0 Å². The van der Waals surface area contributed by atoms with Crippen LogP contribution in [0.25, 0.3) is 0 Å². The summed E-state index contributed by atoms with van der Waals surface area (Å²) in [6.07, 6.45) is 0. The minimum atomic E-state index is -0.567. The highest BCUT2D eigenvalue weighted by Gasteiger charge is 2.22. The molecule has 1 aromatic rings. The van der Waals surface area contributed by atoms with Gasteiger partial charge in [0.1, 0.15) is 0 Å². The number of hydrogen-bond acceptors (Lipinski definition) is 4. The number of carbonyl (C=O) groups excluding carboxylic acids is 2. The molecule has 17 heavy (non-hydrogen) atoms. The van der Waals surface area contributed by atoms with Crippen LogP contribution in [0.15, 0.2) is 18.2 Å². The van der Waals surface area contributed by atoms with E-state index in [9.17, 15) is 9.59 Å². The number of Topliss-reactive ketones (excluding diaryl/α,β-unsaturated/α-hetero) is 1. The lowest BCUT2D eigenvalue weighted by atomic mass is 10.0. The Bertz CT molecular complexity index is 443. The number of rotatable bonds is 4. The summed E-state index contributed by atoms with van der Waals surface area (Å²) in [5.74, 6) is -0.762. The Morgan fingerprint density at radius 2 is 2.12 bits per heavy atom. The van der Waals surface area contributed by atoms with Crippen molar-refractivity contribution >= 4 is 33.4 Å². The highest BCUT2D eigenvalue weighted by Crippen LogP contribution is 2.21. The van der Waals surface area contributed by atoms with E-state index in [4.69, 9.17) is 10.5 Å². The molecular formula is C12H14BrNO3.